The topological polar surface area (TPSA) is 59.9 Å². The van der Waals surface area contributed by atoms with Crippen molar-refractivity contribution in [3.05, 3.63) is 65.4 Å². The normalized spacial score (nSPS) is 17.9. The van der Waals surface area contributed by atoms with E-state index in [1.54, 1.807) is 0 Å². The van der Waals surface area contributed by atoms with Crippen molar-refractivity contribution in [1.82, 2.24) is 0 Å². The average Bonchev–Trinajstić information content (AvgIpc) is 2.95. The molecule has 2 aliphatic rings. The fourth-order valence-corrected chi connectivity index (χ4v) is 2.56. The third kappa shape index (κ3) is 2.57. The van der Waals surface area contributed by atoms with Crippen LogP contribution in [0.3, 0.4) is 0 Å². The van der Waals surface area contributed by atoms with Crippen LogP contribution in [0.25, 0.3) is 6.08 Å². The van der Waals surface area contributed by atoms with Crippen LogP contribution in [0.15, 0.2) is 59.2 Å². The molecule has 0 spiro atoms. The molecule has 0 radical (unpaired) electrons. The Balaban J connectivity index is 1.60. The Hall–Kier alpha value is -3.08. The molecule has 0 saturated heterocycles. The number of hydrogen-bond donors (Lipinski definition) is 1. The smallest absolute Gasteiger partial charge is 0.286 e. The summed E-state index contributed by atoms with van der Waals surface area (Å²) in [5, 5.41) is 2.73. The monoisotopic (exact) mass is 306 g/mol. The van der Waals surface area contributed by atoms with E-state index >= 15 is 0 Å². The lowest BCUT2D eigenvalue weighted by Crippen LogP contribution is -2.22. The van der Waals surface area contributed by atoms with E-state index in [2.05, 4.69) is 10.3 Å². The standard InChI is InChI=1S/C18H14N2O3/c1-11(21)19-14-8-6-12(7-9-14)17-20-15-10-13-4-2-3-5-16(13)22-18(15)23-17/h2-10,18H,1H3,(H,19,21)/t18-/m0/s1. The Labute approximate surface area is 133 Å². The average molecular weight is 306 g/mol. The quantitative estimate of drug-likeness (QED) is 0.927. The molecular weight excluding hydrogens is 292 g/mol. The molecule has 1 atom stereocenters. The van der Waals surface area contributed by atoms with Gasteiger partial charge in [0, 0.05) is 23.7 Å². The van der Waals surface area contributed by atoms with Crippen LogP contribution in [0, 0.1) is 0 Å². The van der Waals surface area contributed by atoms with Crippen molar-refractivity contribution in [1.29, 1.82) is 0 Å². The molecular formula is C18H14N2O3. The number of anilines is 1. The number of aliphatic imine (C=N–C) groups is 1. The van der Waals surface area contributed by atoms with Gasteiger partial charge >= 0.3 is 0 Å². The van der Waals surface area contributed by atoms with Crippen molar-refractivity contribution in [3.8, 4) is 5.75 Å². The molecule has 2 aliphatic heterocycles. The van der Waals surface area contributed by atoms with Crippen molar-refractivity contribution >= 4 is 23.6 Å². The maximum absolute atomic E-state index is 11.0. The van der Waals surface area contributed by atoms with E-state index in [0.29, 0.717) is 5.90 Å². The van der Waals surface area contributed by atoms with Crippen molar-refractivity contribution in [2.24, 2.45) is 4.99 Å². The van der Waals surface area contributed by atoms with Gasteiger partial charge in [-0.2, -0.15) is 0 Å². The first-order valence-corrected chi connectivity index (χ1v) is 7.30. The molecule has 23 heavy (non-hydrogen) atoms. The molecule has 1 amide bonds. The largest absolute Gasteiger partial charge is 0.448 e. The maximum Gasteiger partial charge on any atom is 0.286 e. The van der Waals surface area contributed by atoms with Crippen LogP contribution in [0.1, 0.15) is 18.1 Å². The summed E-state index contributed by atoms with van der Waals surface area (Å²) >= 11 is 0. The second kappa shape index (κ2) is 5.28. The number of benzene rings is 2. The van der Waals surface area contributed by atoms with Gasteiger partial charge in [0.05, 0.1) is 0 Å². The number of carbonyl (C=O) groups is 1. The van der Waals surface area contributed by atoms with Crippen molar-refractivity contribution in [2.75, 3.05) is 5.32 Å². The highest BCUT2D eigenvalue weighted by molar-refractivity contribution is 5.98. The van der Waals surface area contributed by atoms with Crippen LogP contribution in [0.5, 0.6) is 5.75 Å². The summed E-state index contributed by atoms with van der Waals surface area (Å²) in [6, 6.07) is 15.1. The minimum Gasteiger partial charge on any atom is -0.448 e. The van der Waals surface area contributed by atoms with E-state index in [9.17, 15) is 4.79 Å². The Bertz CT molecular complexity index is 838. The van der Waals surface area contributed by atoms with E-state index < -0.39 is 6.29 Å². The molecule has 1 N–H and O–H groups in total. The highest BCUT2D eigenvalue weighted by Crippen LogP contribution is 2.34. The van der Waals surface area contributed by atoms with E-state index in [0.717, 1.165) is 28.3 Å². The summed E-state index contributed by atoms with van der Waals surface area (Å²) in [5.74, 6) is 1.21. The predicted molar refractivity (Wildman–Crippen MR) is 87.2 cm³/mol. The summed E-state index contributed by atoms with van der Waals surface area (Å²) < 4.78 is 11.6. The molecule has 0 unspecified atom stereocenters. The third-order valence-electron chi connectivity index (χ3n) is 3.60. The number of nitrogens with one attached hydrogen (secondary N) is 1. The molecule has 5 nitrogen and oxygen atoms in total. The molecule has 5 heteroatoms. The van der Waals surface area contributed by atoms with Crippen LogP contribution < -0.4 is 10.1 Å². The van der Waals surface area contributed by atoms with Gasteiger partial charge in [-0.05, 0) is 36.4 Å². The van der Waals surface area contributed by atoms with Crippen LogP contribution in [0.4, 0.5) is 5.69 Å². The van der Waals surface area contributed by atoms with Crippen LogP contribution in [-0.4, -0.2) is 18.1 Å². The Morgan fingerprint density at radius 1 is 1.09 bits per heavy atom. The van der Waals surface area contributed by atoms with Gasteiger partial charge in [0.25, 0.3) is 6.29 Å². The summed E-state index contributed by atoms with van der Waals surface area (Å²) in [6.45, 7) is 1.48. The lowest BCUT2D eigenvalue weighted by Gasteiger charge is -2.20. The molecule has 0 saturated carbocycles. The number of hydrogen-bond acceptors (Lipinski definition) is 4. The molecule has 2 heterocycles. The molecule has 2 aromatic rings. The number of amides is 1. The van der Waals surface area contributed by atoms with Crippen molar-refractivity contribution in [3.63, 3.8) is 0 Å². The first kappa shape index (κ1) is 13.6. The number of carbonyl (C=O) groups excluding carboxylic acids is 1. The number of rotatable bonds is 2. The Kier molecular flexibility index (Phi) is 3.12. The second-order valence-corrected chi connectivity index (χ2v) is 5.35. The lowest BCUT2D eigenvalue weighted by molar-refractivity contribution is -0.114. The van der Waals surface area contributed by atoms with Gasteiger partial charge in [-0.1, -0.05) is 18.2 Å². The fourth-order valence-electron chi connectivity index (χ4n) is 2.56. The summed E-state index contributed by atoms with van der Waals surface area (Å²) in [7, 11) is 0. The van der Waals surface area contributed by atoms with Crippen LogP contribution >= 0.6 is 0 Å². The first-order valence-electron chi connectivity index (χ1n) is 7.30. The van der Waals surface area contributed by atoms with Gasteiger partial charge in [0.2, 0.25) is 11.8 Å². The highest BCUT2D eigenvalue weighted by Gasteiger charge is 2.31. The van der Waals surface area contributed by atoms with Gasteiger partial charge in [0.1, 0.15) is 11.4 Å². The molecule has 0 aromatic heterocycles. The van der Waals surface area contributed by atoms with Gasteiger partial charge in [-0.15, -0.1) is 0 Å². The van der Waals surface area contributed by atoms with Gasteiger partial charge in [0.15, 0.2) is 0 Å². The summed E-state index contributed by atoms with van der Waals surface area (Å²) in [6.07, 6.45) is 1.47. The SMILES string of the molecule is CC(=O)Nc1ccc(C2=NC3=Cc4ccccc4O[C@H]3O2)cc1. The van der Waals surface area contributed by atoms with Gasteiger partial charge in [-0.25, -0.2) is 4.99 Å². The minimum absolute atomic E-state index is 0.102. The van der Waals surface area contributed by atoms with Gasteiger partial charge in [-0.3, -0.25) is 4.79 Å². The number of para-hydroxylation sites is 1. The zero-order valence-corrected chi connectivity index (χ0v) is 12.4. The highest BCUT2D eigenvalue weighted by atomic mass is 16.7. The molecule has 0 bridgehead atoms. The van der Waals surface area contributed by atoms with E-state index in [1.807, 2.05) is 54.6 Å². The van der Waals surface area contributed by atoms with E-state index in [-0.39, 0.29) is 5.91 Å². The molecule has 4 rings (SSSR count). The molecule has 0 aliphatic carbocycles. The molecule has 2 aromatic carbocycles. The van der Waals surface area contributed by atoms with Crippen LogP contribution in [0.2, 0.25) is 0 Å². The number of nitrogens with zero attached hydrogens (tertiary/aromatic N) is 1. The third-order valence-corrected chi connectivity index (χ3v) is 3.60. The lowest BCUT2D eigenvalue weighted by atomic mass is 10.1. The predicted octanol–water partition coefficient (Wildman–Crippen LogP) is 3.18. The fraction of sp³-hybridized carbons (Fsp3) is 0.111. The zero-order valence-electron chi connectivity index (χ0n) is 12.4. The number of fused-ring (bicyclic) bond motifs is 2. The number of ether oxygens (including phenoxy) is 2. The van der Waals surface area contributed by atoms with E-state index in [1.165, 1.54) is 6.92 Å². The van der Waals surface area contributed by atoms with Crippen molar-refractivity contribution in [2.45, 2.75) is 13.2 Å². The Morgan fingerprint density at radius 2 is 1.87 bits per heavy atom. The zero-order chi connectivity index (χ0) is 15.8. The van der Waals surface area contributed by atoms with Crippen LogP contribution in [-0.2, 0) is 9.53 Å². The molecule has 114 valence electrons. The van der Waals surface area contributed by atoms with Gasteiger partial charge < -0.3 is 14.8 Å². The minimum atomic E-state index is -0.505. The summed E-state index contributed by atoms with van der Waals surface area (Å²) in [4.78, 5) is 15.6. The summed E-state index contributed by atoms with van der Waals surface area (Å²) in [5.41, 5.74) is 3.32. The maximum atomic E-state index is 11.0. The molecule has 0 fully saturated rings. The van der Waals surface area contributed by atoms with Crippen molar-refractivity contribution < 1.29 is 14.3 Å². The first-order chi connectivity index (χ1) is 11.2. The second-order valence-electron chi connectivity index (χ2n) is 5.35. The Morgan fingerprint density at radius 3 is 2.65 bits per heavy atom. The van der Waals surface area contributed by atoms with E-state index in [4.69, 9.17) is 9.47 Å².